The number of nitrogens with zero attached hydrogens (tertiary/aromatic N) is 1. The molecule has 2 heterocycles. The molecule has 0 aliphatic carbocycles. The molecule has 0 fully saturated rings. The van der Waals surface area contributed by atoms with Crippen LogP contribution in [0, 0.1) is 5.92 Å². The summed E-state index contributed by atoms with van der Waals surface area (Å²) in [6.45, 7) is 0.983. The first-order valence-electron chi connectivity index (χ1n) is 5.55. The first-order chi connectivity index (χ1) is 8.00. The highest BCUT2D eigenvalue weighted by Crippen LogP contribution is 2.29. The fourth-order valence-corrected chi connectivity index (χ4v) is 2.98. The van der Waals surface area contributed by atoms with Gasteiger partial charge in [0, 0.05) is 31.1 Å². The van der Waals surface area contributed by atoms with Crippen molar-refractivity contribution >= 4 is 11.3 Å². The van der Waals surface area contributed by atoms with E-state index in [0.29, 0.717) is 13.1 Å². The summed E-state index contributed by atoms with van der Waals surface area (Å²) in [5, 5.41) is 2.00. The molecular formula is C11H15F3N2S. The summed E-state index contributed by atoms with van der Waals surface area (Å²) in [5.41, 5.74) is 6.37. The third-order valence-electron chi connectivity index (χ3n) is 3.11. The number of thiophene rings is 1. The molecule has 2 N–H and O–H groups in total. The molecule has 1 aliphatic rings. The van der Waals surface area contributed by atoms with Gasteiger partial charge >= 0.3 is 6.18 Å². The van der Waals surface area contributed by atoms with E-state index in [1.54, 1.807) is 11.3 Å². The monoisotopic (exact) mass is 264 g/mol. The minimum absolute atomic E-state index is 0.00921. The molecule has 0 saturated heterocycles. The van der Waals surface area contributed by atoms with Gasteiger partial charge in [0.1, 0.15) is 0 Å². The van der Waals surface area contributed by atoms with E-state index < -0.39 is 12.1 Å². The third kappa shape index (κ3) is 3.00. The van der Waals surface area contributed by atoms with Crippen molar-refractivity contribution in [1.82, 2.24) is 4.90 Å². The zero-order valence-electron chi connectivity index (χ0n) is 9.33. The van der Waals surface area contributed by atoms with E-state index in [9.17, 15) is 13.2 Å². The predicted molar refractivity (Wildman–Crippen MR) is 61.9 cm³/mol. The maximum Gasteiger partial charge on any atom is 0.394 e. The Balaban J connectivity index is 1.97. The topological polar surface area (TPSA) is 29.3 Å². The van der Waals surface area contributed by atoms with E-state index in [4.69, 9.17) is 5.73 Å². The van der Waals surface area contributed by atoms with Crippen LogP contribution in [0.3, 0.4) is 0 Å². The average molecular weight is 264 g/mol. The summed E-state index contributed by atoms with van der Waals surface area (Å²) in [4.78, 5) is 3.15. The molecule has 1 unspecified atom stereocenters. The molecule has 0 radical (unpaired) electrons. The van der Waals surface area contributed by atoms with Crippen LogP contribution in [0.4, 0.5) is 13.2 Å². The van der Waals surface area contributed by atoms with Crippen molar-refractivity contribution in [3.63, 3.8) is 0 Å². The molecule has 96 valence electrons. The van der Waals surface area contributed by atoms with Crippen LogP contribution in [-0.4, -0.2) is 30.7 Å². The summed E-state index contributed by atoms with van der Waals surface area (Å²) in [5.74, 6) is -1.41. The van der Waals surface area contributed by atoms with Gasteiger partial charge in [-0.05, 0) is 23.4 Å². The molecule has 0 bridgehead atoms. The zero-order valence-corrected chi connectivity index (χ0v) is 10.2. The first kappa shape index (κ1) is 12.9. The Morgan fingerprint density at radius 2 is 2.24 bits per heavy atom. The Bertz CT molecular complexity index is 375. The molecule has 1 aromatic rings. The van der Waals surface area contributed by atoms with Gasteiger partial charge in [-0.25, -0.2) is 0 Å². The lowest BCUT2D eigenvalue weighted by atomic mass is 10.1. The maximum absolute atomic E-state index is 12.6. The van der Waals surface area contributed by atoms with Crippen LogP contribution in [0.25, 0.3) is 0 Å². The number of fused-ring (bicyclic) bond motifs is 1. The van der Waals surface area contributed by atoms with Crippen molar-refractivity contribution in [1.29, 1.82) is 0 Å². The van der Waals surface area contributed by atoms with Crippen LogP contribution in [-0.2, 0) is 13.0 Å². The molecular weight excluding hydrogens is 249 g/mol. The van der Waals surface area contributed by atoms with Crippen molar-refractivity contribution in [2.75, 3.05) is 19.6 Å². The normalized spacial score (nSPS) is 19.1. The van der Waals surface area contributed by atoms with Gasteiger partial charge in [-0.1, -0.05) is 0 Å². The number of halogens is 3. The minimum atomic E-state index is -4.19. The van der Waals surface area contributed by atoms with Gasteiger partial charge < -0.3 is 5.73 Å². The molecule has 1 aromatic heterocycles. The van der Waals surface area contributed by atoms with Gasteiger partial charge in [-0.3, -0.25) is 4.90 Å². The lowest BCUT2D eigenvalue weighted by molar-refractivity contribution is -0.176. The number of nitrogens with two attached hydrogens (primary N) is 1. The maximum atomic E-state index is 12.6. The van der Waals surface area contributed by atoms with Crippen molar-refractivity contribution in [3.05, 3.63) is 21.9 Å². The molecule has 2 nitrogen and oxygen atoms in total. The van der Waals surface area contributed by atoms with Crippen molar-refractivity contribution in [2.24, 2.45) is 11.7 Å². The highest BCUT2D eigenvalue weighted by atomic mass is 32.1. The van der Waals surface area contributed by atoms with Gasteiger partial charge in [0.05, 0.1) is 5.92 Å². The van der Waals surface area contributed by atoms with Crippen molar-refractivity contribution in [2.45, 2.75) is 19.1 Å². The Morgan fingerprint density at radius 3 is 2.88 bits per heavy atom. The van der Waals surface area contributed by atoms with Crippen LogP contribution in [0.15, 0.2) is 11.4 Å². The van der Waals surface area contributed by atoms with Gasteiger partial charge in [0.15, 0.2) is 0 Å². The summed E-state index contributed by atoms with van der Waals surface area (Å²) in [7, 11) is 0. The van der Waals surface area contributed by atoms with Crippen LogP contribution >= 0.6 is 11.3 Å². The second-order valence-corrected chi connectivity index (χ2v) is 5.33. The number of hydrogen-bond donors (Lipinski definition) is 1. The summed E-state index contributed by atoms with van der Waals surface area (Å²) in [6.07, 6.45) is -3.34. The van der Waals surface area contributed by atoms with Gasteiger partial charge in [-0.2, -0.15) is 13.2 Å². The van der Waals surface area contributed by atoms with Crippen LogP contribution in [0.1, 0.15) is 10.4 Å². The van der Waals surface area contributed by atoms with E-state index in [2.05, 4.69) is 0 Å². The summed E-state index contributed by atoms with van der Waals surface area (Å²) < 4.78 is 37.8. The lowest BCUT2D eigenvalue weighted by Crippen LogP contribution is -2.42. The van der Waals surface area contributed by atoms with E-state index in [1.807, 2.05) is 16.3 Å². The third-order valence-corrected chi connectivity index (χ3v) is 4.14. The van der Waals surface area contributed by atoms with E-state index in [-0.39, 0.29) is 13.1 Å². The Kier molecular flexibility index (Phi) is 3.75. The fraction of sp³-hybridized carbons (Fsp3) is 0.636. The first-order valence-corrected chi connectivity index (χ1v) is 6.43. The molecule has 6 heteroatoms. The second-order valence-electron chi connectivity index (χ2n) is 4.33. The van der Waals surface area contributed by atoms with Gasteiger partial charge in [-0.15, -0.1) is 11.3 Å². The number of rotatable bonds is 3. The standard InChI is InChI=1S/C11H15F3N2S/c12-11(13,14)9(5-15)7-16-3-1-10-8(6-16)2-4-17-10/h2,4,9H,1,3,5-7,15H2. The molecule has 1 aliphatic heterocycles. The zero-order chi connectivity index (χ0) is 12.5. The largest absolute Gasteiger partial charge is 0.394 e. The SMILES string of the molecule is NCC(CN1CCc2sccc2C1)C(F)(F)F. The van der Waals surface area contributed by atoms with Crippen LogP contribution in [0.2, 0.25) is 0 Å². The van der Waals surface area contributed by atoms with Crippen molar-refractivity contribution < 1.29 is 13.2 Å². The Labute approximate surface area is 102 Å². The molecule has 0 amide bonds. The van der Waals surface area contributed by atoms with Gasteiger partial charge in [0.25, 0.3) is 0 Å². The number of alkyl halides is 3. The van der Waals surface area contributed by atoms with Crippen LogP contribution < -0.4 is 5.73 Å². The molecule has 0 saturated carbocycles. The average Bonchev–Trinajstić information content (AvgIpc) is 2.71. The lowest BCUT2D eigenvalue weighted by Gasteiger charge is -2.30. The molecule has 0 spiro atoms. The van der Waals surface area contributed by atoms with E-state index in [1.165, 1.54) is 10.4 Å². The van der Waals surface area contributed by atoms with Crippen LogP contribution in [0.5, 0.6) is 0 Å². The summed E-state index contributed by atoms with van der Waals surface area (Å²) in [6, 6.07) is 2.00. The van der Waals surface area contributed by atoms with E-state index in [0.717, 1.165) is 6.42 Å². The fourth-order valence-electron chi connectivity index (χ4n) is 2.09. The molecule has 2 rings (SSSR count). The molecule has 1 atom stereocenters. The van der Waals surface area contributed by atoms with Gasteiger partial charge in [0.2, 0.25) is 0 Å². The highest BCUT2D eigenvalue weighted by molar-refractivity contribution is 7.10. The number of hydrogen-bond acceptors (Lipinski definition) is 3. The Hall–Kier alpha value is -0.590. The quantitative estimate of drug-likeness (QED) is 0.907. The predicted octanol–water partition coefficient (Wildman–Crippen LogP) is 2.24. The second kappa shape index (κ2) is 4.96. The smallest absolute Gasteiger partial charge is 0.330 e. The minimum Gasteiger partial charge on any atom is -0.330 e. The Morgan fingerprint density at radius 1 is 1.47 bits per heavy atom. The summed E-state index contributed by atoms with van der Waals surface area (Å²) >= 11 is 1.68. The molecule has 0 aromatic carbocycles. The van der Waals surface area contributed by atoms with E-state index >= 15 is 0 Å². The highest BCUT2D eigenvalue weighted by Gasteiger charge is 2.39. The van der Waals surface area contributed by atoms with Crippen molar-refractivity contribution in [3.8, 4) is 0 Å². The molecule has 17 heavy (non-hydrogen) atoms.